The quantitative estimate of drug-likeness (QED) is 0.791. The predicted octanol–water partition coefficient (Wildman–Crippen LogP) is 2.77. The molecule has 1 aromatic rings. The molecular weight excluding hydrogens is 380 g/mol. The van der Waals surface area contributed by atoms with Crippen LogP contribution in [-0.2, 0) is 10.0 Å². The van der Waals surface area contributed by atoms with Crippen molar-refractivity contribution in [1.29, 1.82) is 5.26 Å². The molecular formula is C15H21BrN4O2S. The minimum Gasteiger partial charge on any atom is -0.381 e. The van der Waals surface area contributed by atoms with E-state index in [1.165, 1.54) is 6.20 Å². The Labute approximate surface area is 145 Å². The summed E-state index contributed by atoms with van der Waals surface area (Å²) in [4.78, 5) is 3.95. The van der Waals surface area contributed by atoms with Gasteiger partial charge >= 0.3 is 0 Å². The highest BCUT2D eigenvalue weighted by Crippen LogP contribution is 2.40. The molecule has 1 heterocycles. The number of nitrogens with one attached hydrogen (secondary N) is 2. The van der Waals surface area contributed by atoms with E-state index in [9.17, 15) is 13.7 Å². The van der Waals surface area contributed by atoms with Gasteiger partial charge in [-0.3, -0.25) is 4.98 Å². The molecule has 2 rings (SSSR count). The van der Waals surface area contributed by atoms with Gasteiger partial charge in [0.25, 0.3) is 0 Å². The molecule has 0 atom stereocenters. The van der Waals surface area contributed by atoms with E-state index in [1.807, 2.05) is 20.8 Å². The molecule has 0 amide bonds. The van der Waals surface area contributed by atoms with Gasteiger partial charge < -0.3 is 5.32 Å². The molecule has 0 spiro atoms. The van der Waals surface area contributed by atoms with Crippen LogP contribution in [0.25, 0.3) is 0 Å². The lowest BCUT2D eigenvalue weighted by Crippen LogP contribution is -2.58. The third kappa shape index (κ3) is 3.84. The number of rotatable bonds is 5. The van der Waals surface area contributed by atoms with Gasteiger partial charge in [0.1, 0.15) is 10.8 Å². The maximum Gasteiger partial charge on any atom is 0.219 e. The average Bonchev–Trinajstić information content (AvgIpc) is 2.35. The van der Waals surface area contributed by atoms with Crippen molar-refractivity contribution in [2.45, 2.75) is 50.3 Å². The van der Waals surface area contributed by atoms with Crippen LogP contribution in [0.15, 0.2) is 16.9 Å². The largest absolute Gasteiger partial charge is 0.381 e. The normalized spacial score (nSPS) is 17.2. The van der Waals surface area contributed by atoms with E-state index >= 15 is 0 Å². The first kappa shape index (κ1) is 18.2. The molecule has 0 radical (unpaired) electrons. The van der Waals surface area contributed by atoms with Crippen molar-refractivity contribution in [2.75, 3.05) is 11.9 Å². The third-order valence-corrected chi connectivity index (χ3v) is 7.06. The molecule has 0 aromatic carbocycles. The second kappa shape index (κ2) is 6.38. The van der Waals surface area contributed by atoms with Crippen LogP contribution in [0.3, 0.4) is 0 Å². The number of nitriles is 1. The SMILES string of the molecule is CC(C)(C)NS(=O)(=O)C1(CNc2c(Br)cncc2C#N)CCC1. The zero-order chi connectivity index (χ0) is 17.3. The molecule has 1 aliphatic carbocycles. The molecule has 0 saturated heterocycles. The molecule has 0 aliphatic heterocycles. The van der Waals surface area contributed by atoms with E-state index < -0.39 is 20.3 Å². The van der Waals surface area contributed by atoms with E-state index in [-0.39, 0.29) is 6.54 Å². The highest BCUT2D eigenvalue weighted by atomic mass is 79.9. The molecule has 1 saturated carbocycles. The third-order valence-electron chi connectivity index (χ3n) is 3.88. The summed E-state index contributed by atoms with van der Waals surface area (Å²) in [6.07, 6.45) is 5.14. The lowest BCUT2D eigenvalue weighted by atomic mass is 9.84. The number of aromatic nitrogens is 1. The van der Waals surface area contributed by atoms with Crippen LogP contribution < -0.4 is 10.0 Å². The van der Waals surface area contributed by atoms with Gasteiger partial charge in [-0.1, -0.05) is 6.42 Å². The fraction of sp³-hybridized carbons (Fsp3) is 0.600. The Balaban J connectivity index is 2.23. The van der Waals surface area contributed by atoms with Crippen molar-refractivity contribution in [1.82, 2.24) is 9.71 Å². The number of sulfonamides is 1. The van der Waals surface area contributed by atoms with Crippen LogP contribution in [0.1, 0.15) is 45.6 Å². The van der Waals surface area contributed by atoms with Gasteiger partial charge in [-0.25, -0.2) is 13.1 Å². The van der Waals surface area contributed by atoms with Crippen molar-refractivity contribution in [3.05, 3.63) is 22.4 Å². The summed E-state index contributed by atoms with van der Waals surface area (Å²) in [6, 6.07) is 2.07. The Kier molecular flexibility index (Phi) is 5.04. The average molecular weight is 401 g/mol. The number of nitrogens with zero attached hydrogens (tertiary/aromatic N) is 2. The second-order valence-electron chi connectivity index (χ2n) is 6.90. The number of hydrogen-bond acceptors (Lipinski definition) is 5. The predicted molar refractivity (Wildman–Crippen MR) is 93.5 cm³/mol. The first-order chi connectivity index (χ1) is 10.6. The van der Waals surface area contributed by atoms with Crippen LogP contribution in [0, 0.1) is 11.3 Å². The van der Waals surface area contributed by atoms with Gasteiger partial charge in [0.15, 0.2) is 0 Å². The number of pyridine rings is 1. The van der Waals surface area contributed by atoms with Gasteiger partial charge in [0, 0.05) is 24.5 Å². The van der Waals surface area contributed by atoms with Crippen LogP contribution >= 0.6 is 15.9 Å². The molecule has 1 aliphatic rings. The molecule has 1 fully saturated rings. The maximum absolute atomic E-state index is 12.8. The van der Waals surface area contributed by atoms with Gasteiger partial charge in [-0.15, -0.1) is 0 Å². The van der Waals surface area contributed by atoms with Gasteiger partial charge in [-0.05, 0) is 49.5 Å². The summed E-state index contributed by atoms with van der Waals surface area (Å²) < 4.78 is 28.1. The van der Waals surface area contributed by atoms with Crippen LogP contribution in [0.2, 0.25) is 0 Å². The fourth-order valence-electron chi connectivity index (χ4n) is 2.57. The van der Waals surface area contributed by atoms with Gasteiger partial charge in [-0.2, -0.15) is 5.26 Å². The van der Waals surface area contributed by atoms with Gasteiger partial charge in [0.05, 0.1) is 15.7 Å². The molecule has 0 unspecified atom stereocenters. The Morgan fingerprint density at radius 1 is 1.39 bits per heavy atom. The minimum atomic E-state index is -3.47. The lowest BCUT2D eigenvalue weighted by Gasteiger charge is -2.42. The molecule has 2 N–H and O–H groups in total. The molecule has 6 nitrogen and oxygen atoms in total. The first-order valence-corrected chi connectivity index (χ1v) is 9.69. The monoisotopic (exact) mass is 400 g/mol. The second-order valence-corrected chi connectivity index (χ2v) is 9.83. The number of halogens is 1. The Morgan fingerprint density at radius 2 is 2.04 bits per heavy atom. The minimum absolute atomic E-state index is 0.260. The zero-order valence-corrected chi connectivity index (χ0v) is 15.9. The Bertz CT molecular complexity index is 731. The summed E-state index contributed by atoms with van der Waals surface area (Å²) in [6.45, 7) is 5.75. The van der Waals surface area contributed by atoms with E-state index in [2.05, 4.69) is 37.0 Å². The molecule has 23 heavy (non-hydrogen) atoms. The molecule has 1 aromatic heterocycles. The van der Waals surface area contributed by atoms with Crippen LogP contribution in [0.5, 0.6) is 0 Å². The highest BCUT2D eigenvalue weighted by molar-refractivity contribution is 9.10. The lowest BCUT2D eigenvalue weighted by molar-refractivity contribution is 0.339. The van der Waals surface area contributed by atoms with E-state index in [0.29, 0.717) is 28.6 Å². The van der Waals surface area contributed by atoms with Crippen molar-refractivity contribution in [3.8, 4) is 6.07 Å². The van der Waals surface area contributed by atoms with Crippen molar-refractivity contribution >= 4 is 31.6 Å². The Morgan fingerprint density at radius 3 is 2.52 bits per heavy atom. The van der Waals surface area contributed by atoms with E-state index in [1.54, 1.807) is 6.20 Å². The maximum atomic E-state index is 12.8. The fourth-order valence-corrected chi connectivity index (χ4v) is 5.15. The summed E-state index contributed by atoms with van der Waals surface area (Å²) in [5.41, 5.74) is 0.450. The van der Waals surface area contributed by atoms with Crippen LogP contribution in [-0.4, -0.2) is 30.2 Å². The molecule has 0 bridgehead atoms. The smallest absolute Gasteiger partial charge is 0.219 e. The molecule has 126 valence electrons. The summed E-state index contributed by atoms with van der Waals surface area (Å²) in [7, 11) is -3.47. The Hall–Kier alpha value is -1.17. The van der Waals surface area contributed by atoms with Crippen molar-refractivity contribution < 1.29 is 8.42 Å². The summed E-state index contributed by atoms with van der Waals surface area (Å²) in [5.74, 6) is 0. The highest BCUT2D eigenvalue weighted by Gasteiger charge is 2.49. The summed E-state index contributed by atoms with van der Waals surface area (Å²) >= 11 is 3.35. The van der Waals surface area contributed by atoms with Gasteiger partial charge in [0.2, 0.25) is 10.0 Å². The number of hydrogen-bond donors (Lipinski definition) is 2. The zero-order valence-electron chi connectivity index (χ0n) is 13.5. The number of anilines is 1. The molecule has 8 heteroatoms. The van der Waals surface area contributed by atoms with Crippen molar-refractivity contribution in [3.63, 3.8) is 0 Å². The first-order valence-electron chi connectivity index (χ1n) is 7.41. The van der Waals surface area contributed by atoms with Crippen molar-refractivity contribution in [2.24, 2.45) is 0 Å². The van der Waals surface area contributed by atoms with E-state index in [4.69, 9.17) is 0 Å². The topological polar surface area (TPSA) is 94.9 Å². The van der Waals surface area contributed by atoms with E-state index in [0.717, 1.165) is 6.42 Å². The summed E-state index contributed by atoms with van der Waals surface area (Å²) in [5, 5.41) is 12.3. The van der Waals surface area contributed by atoms with Crippen LogP contribution in [0.4, 0.5) is 5.69 Å². The standard InChI is InChI=1S/C15H21BrN4O2S/c1-14(2,3)20-23(21,22)15(5-4-6-15)10-19-13-11(7-17)8-18-9-12(13)16/h8-9,20H,4-6,10H2,1-3H3,(H,18,19).